The lowest BCUT2D eigenvalue weighted by molar-refractivity contribution is -0.180. The molecule has 0 bridgehead atoms. The molecule has 4 aromatic carbocycles. The summed E-state index contributed by atoms with van der Waals surface area (Å²) < 4.78 is 17.1. The largest absolute Gasteiger partial charge is 0.508 e. The first-order valence-corrected chi connectivity index (χ1v) is 18.0. The van der Waals surface area contributed by atoms with Crippen LogP contribution in [-0.4, -0.2) is 65.7 Å². The first-order valence-electron chi connectivity index (χ1n) is 18.0. The summed E-state index contributed by atoms with van der Waals surface area (Å²) in [4.78, 5) is 75.4. The highest BCUT2D eigenvalue weighted by Gasteiger charge is 2.76. The maximum atomic E-state index is 15.8. The fourth-order valence-electron chi connectivity index (χ4n) is 8.54. The van der Waals surface area contributed by atoms with Gasteiger partial charge in [0.1, 0.15) is 41.9 Å². The van der Waals surface area contributed by atoms with Gasteiger partial charge < -0.3 is 24.6 Å². The average Bonchev–Trinajstić information content (AvgIpc) is 3.66. The van der Waals surface area contributed by atoms with E-state index in [1.54, 1.807) is 50.2 Å². The molecule has 12 nitrogen and oxygen atoms in total. The number of hydrogen-bond acceptors (Lipinski definition) is 10. The number of cyclic esters (lactones) is 1. The van der Waals surface area contributed by atoms with Gasteiger partial charge in [0.2, 0.25) is 5.91 Å². The molecule has 3 aliphatic heterocycles. The third-order valence-electron chi connectivity index (χ3n) is 10.8. The number of aromatic hydroxyl groups is 1. The Morgan fingerprint density at radius 2 is 1.49 bits per heavy atom. The fourth-order valence-corrected chi connectivity index (χ4v) is 8.54. The number of urea groups is 1. The van der Waals surface area contributed by atoms with Gasteiger partial charge in [-0.2, -0.15) is 0 Å². The van der Waals surface area contributed by atoms with E-state index in [-0.39, 0.29) is 18.0 Å². The molecule has 4 aromatic rings. The van der Waals surface area contributed by atoms with E-state index in [4.69, 9.17) is 14.2 Å². The van der Waals surface area contributed by atoms with E-state index in [2.05, 4.69) is 11.9 Å². The molecule has 2 saturated heterocycles. The van der Waals surface area contributed by atoms with Crippen LogP contribution in [-0.2, 0) is 38.8 Å². The lowest BCUT2D eigenvalue weighted by Gasteiger charge is -2.46. The van der Waals surface area contributed by atoms with E-state index in [9.17, 15) is 24.3 Å². The van der Waals surface area contributed by atoms with Crippen molar-refractivity contribution in [1.82, 2.24) is 10.2 Å². The Labute approximate surface area is 318 Å². The Balaban J connectivity index is 1.53. The van der Waals surface area contributed by atoms with Gasteiger partial charge in [-0.1, -0.05) is 117 Å². The predicted molar refractivity (Wildman–Crippen MR) is 200 cm³/mol. The Morgan fingerprint density at radius 3 is 2.11 bits per heavy atom. The monoisotopic (exact) mass is 743 g/mol. The Hall–Kier alpha value is -6.27. The van der Waals surface area contributed by atoms with Crippen LogP contribution >= 0.6 is 0 Å². The minimum Gasteiger partial charge on any atom is -0.508 e. The number of rotatable bonds is 9. The van der Waals surface area contributed by atoms with Crippen molar-refractivity contribution in [2.45, 2.75) is 49.5 Å². The first-order chi connectivity index (χ1) is 26.6. The maximum absolute atomic E-state index is 15.8. The van der Waals surface area contributed by atoms with E-state index >= 15 is 4.79 Å². The topological polar surface area (TPSA) is 152 Å². The number of phenols is 1. The number of anilines is 1. The summed E-state index contributed by atoms with van der Waals surface area (Å²) in [6.45, 7) is 6.92. The number of hydrogen-bond donors (Lipinski definition) is 2. The summed E-state index contributed by atoms with van der Waals surface area (Å²) in [5, 5.41) is 13.2. The molecule has 0 unspecified atom stereocenters. The van der Waals surface area contributed by atoms with Crippen LogP contribution in [0.5, 0.6) is 5.75 Å². The second kappa shape index (κ2) is 14.9. The van der Waals surface area contributed by atoms with Crippen molar-refractivity contribution in [3.63, 3.8) is 0 Å². The number of benzene rings is 4. The molecule has 2 N–H and O–H groups in total. The second-order valence-electron chi connectivity index (χ2n) is 14.1. The molecule has 282 valence electrons. The standard InChI is InChI=1S/C43H41N3O9/c1-5-24-54-38(48)32-35-40(50)55-36(27-16-10-7-11-17-27)34(26-14-8-6-9-15-26)46(35)37(28-20-22-29(47)23-21-28)43(32)30-18-12-13-19-31(30)45(41(43)51)42(52)44-33(25(2)3)39(49)53-4/h5-23,25,32-37,47H,1,24H2,2-4H3,(H,44,52)/t32-,33-,34-,35-,36+,37+,43-/m0/s1. The number of fused-ring (bicyclic) bond motifs is 3. The third kappa shape index (κ3) is 6.02. The molecule has 0 aliphatic carbocycles. The van der Waals surface area contributed by atoms with Crippen LogP contribution in [0, 0.1) is 11.8 Å². The number of phenolic OH excluding ortho intramolecular Hbond substituents is 1. The summed E-state index contributed by atoms with van der Waals surface area (Å²) in [5.41, 5.74) is 0.346. The number of para-hydroxylation sites is 1. The molecule has 12 heteroatoms. The Bertz CT molecular complexity index is 2120. The highest BCUT2D eigenvalue weighted by atomic mass is 16.6. The zero-order chi connectivity index (χ0) is 39.0. The van der Waals surface area contributed by atoms with Crippen molar-refractivity contribution in [3.05, 3.63) is 144 Å². The molecule has 3 heterocycles. The van der Waals surface area contributed by atoms with Crippen molar-refractivity contribution in [3.8, 4) is 5.75 Å². The summed E-state index contributed by atoms with van der Waals surface area (Å²) in [6, 6.07) is 26.0. The summed E-state index contributed by atoms with van der Waals surface area (Å²) in [5.74, 6) is -5.18. The van der Waals surface area contributed by atoms with Gasteiger partial charge in [-0.05, 0) is 46.4 Å². The molecule has 1 spiro atoms. The summed E-state index contributed by atoms with van der Waals surface area (Å²) >= 11 is 0. The number of esters is 3. The predicted octanol–water partition coefficient (Wildman–Crippen LogP) is 5.69. The molecular weight excluding hydrogens is 702 g/mol. The Morgan fingerprint density at radius 1 is 0.873 bits per heavy atom. The smallest absolute Gasteiger partial charge is 0.329 e. The zero-order valence-electron chi connectivity index (χ0n) is 30.5. The van der Waals surface area contributed by atoms with Crippen LogP contribution in [0.15, 0.2) is 122 Å². The molecule has 3 amide bonds. The van der Waals surface area contributed by atoms with Gasteiger partial charge in [-0.3, -0.25) is 19.3 Å². The molecule has 2 fully saturated rings. The second-order valence-corrected chi connectivity index (χ2v) is 14.1. The number of ether oxygens (including phenoxy) is 3. The highest BCUT2D eigenvalue weighted by molar-refractivity contribution is 6.24. The van der Waals surface area contributed by atoms with Crippen molar-refractivity contribution in [2.24, 2.45) is 11.8 Å². The normalized spacial score (nSPS) is 24.8. The lowest BCUT2D eigenvalue weighted by atomic mass is 9.65. The quantitative estimate of drug-likeness (QED) is 0.124. The summed E-state index contributed by atoms with van der Waals surface area (Å²) in [7, 11) is 1.20. The van der Waals surface area contributed by atoms with Crippen LogP contribution < -0.4 is 10.2 Å². The van der Waals surface area contributed by atoms with Gasteiger partial charge in [-0.15, -0.1) is 0 Å². The van der Waals surface area contributed by atoms with E-state index in [0.29, 0.717) is 16.7 Å². The van der Waals surface area contributed by atoms with Crippen molar-refractivity contribution in [2.75, 3.05) is 18.6 Å². The van der Waals surface area contributed by atoms with E-state index in [1.807, 2.05) is 65.6 Å². The number of morpholine rings is 1. The number of methoxy groups -OCH3 is 1. The number of carbonyl (C=O) groups is 5. The van der Waals surface area contributed by atoms with Crippen LogP contribution in [0.25, 0.3) is 0 Å². The molecule has 7 rings (SSSR count). The molecule has 0 aromatic heterocycles. The highest BCUT2D eigenvalue weighted by Crippen LogP contribution is 2.66. The molecular formula is C43H41N3O9. The van der Waals surface area contributed by atoms with Crippen molar-refractivity contribution >= 4 is 35.5 Å². The van der Waals surface area contributed by atoms with Gasteiger partial charge in [0.05, 0.1) is 24.9 Å². The minimum atomic E-state index is -2.00. The van der Waals surface area contributed by atoms with E-state index < -0.39 is 77.4 Å². The molecule has 3 aliphatic rings. The fraction of sp³-hybridized carbons (Fsp3) is 0.279. The summed E-state index contributed by atoms with van der Waals surface area (Å²) in [6.07, 6.45) is 0.486. The molecule has 7 atom stereocenters. The number of imide groups is 1. The van der Waals surface area contributed by atoms with Crippen LogP contribution in [0.4, 0.5) is 10.5 Å². The van der Waals surface area contributed by atoms with Crippen LogP contribution in [0.3, 0.4) is 0 Å². The van der Waals surface area contributed by atoms with Crippen molar-refractivity contribution < 1.29 is 43.3 Å². The number of amides is 3. The Kier molecular flexibility index (Phi) is 10.0. The van der Waals surface area contributed by atoms with Gasteiger partial charge >= 0.3 is 23.9 Å². The first kappa shape index (κ1) is 37.1. The van der Waals surface area contributed by atoms with Gasteiger partial charge in [0.25, 0.3) is 0 Å². The SMILES string of the molecule is C=CCOC(=O)[C@@H]1[C@H]2C(=O)O[C@H](c3ccccc3)[C@H](c3ccccc3)N2[C@H](c2ccc(O)cc2)[C@@]12C(=O)N(C(=O)N[C@H](C(=O)OC)C(C)C)c1ccccc12. The molecule has 0 radical (unpaired) electrons. The van der Waals surface area contributed by atoms with Crippen LogP contribution in [0.1, 0.15) is 54.3 Å². The minimum absolute atomic E-state index is 0.0456. The van der Waals surface area contributed by atoms with Crippen LogP contribution in [0.2, 0.25) is 0 Å². The van der Waals surface area contributed by atoms with E-state index in [0.717, 1.165) is 10.5 Å². The van der Waals surface area contributed by atoms with Gasteiger partial charge in [0.15, 0.2) is 0 Å². The number of nitrogens with zero attached hydrogens (tertiary/aromatic N) is 2. The van der Waals surface area contributed by atoms with Gasteiger partial charge in [0, 0.05) is 0 Å². The van der Waals surface area contributed by atoms with Crippen molar-refractivity contribution in [1.29, 1.82) is 0 Å². The molecule has 55 heavy (non-hydrogen) atoms. The molecule has 0 saturated carbocycles. The van der Waals surface area contributed by atoms with E-state index in [1.165, 1.54) is 25.3 Å². The average molecular weight is 744 g/mol. The number of carbonyl (C=O) groups excluding carboxylic acids is 5. The third-order valence-corrected chi connectivity index (χ3v) is 10.8. The maximum Gasteiger partial charge on any atom is 0.329 e. The number of nitrogens with one attached hydrogen (secondary N) is 1. The lowest BCUT2D eigenvalue weighted by Crippen LogP contribution is -2.56. The van der Waals surface area contributed by atoms with Gasteiger partial charge in [-0.25, -0.2) is 14.5 Å². The zero-order valence-corrected chi connectivity index (χ0v) is 30.5.